The molecule has 0 aliphatic carbocycles. The van der Waals surface area contributed by atoms with Gasteiger partial charge in [0.1, 0.15) is 17.3 Å². The highest BCUT2D eigenvalue weighted by atomic mass is 19.1. The smallest absolute Gasteiger partial charge is 0.261 e. The largest absolute Gasteiger partial charge is 0.497 e. The number of benzene rings is 2. The number of hydrogen-bond acceptors (Lipinski definition) is 3. The lowest BCUT2D eigenvalue weighted by atomic mass is 10.2. The van der Waals surface area contributed by atoms with E-state index in [-0.39, 0.29) is 11.7 Å². The molecular formula is C17H18FNO3. The predicted molar refractivity (Wildman–Crippen MR) is 81.3 cm³/mol. The first-order valence-corrected chi connectivity index (χ1v) is 6.91. The molecule has 0 saturated carbocycles. The van der Waals surface area contributed by atoms with Gasteiger partial charge in [-0.25, -0.2) is 4.39 Å². The van der Waals surface area contributed by atoms with Gasteiger partial charge in [-0.15, -0.1) is 0 Å². The van der Waals surface area contributed by atoms with Crippen LogP contribution in [0.1, 0.15) is 12.5 Å². The lowest BCUT2D eigenvalue weighted by Gasteiger charge is -2.15. The monoisotopic (exact) mass is 303 g/mol. The SMILES string of the molecule is COc1cccc(CNC(=O)C(C)Oc2ccc(F)cc2)c1. The summed E-state index contributed by atoms with van der Waals surface area (Å²) in [6.07, 6.45) is -0.670. The molecule has 0 fully saturated rings. The van der Waals surface area contributed by atoms with Crippen LogP contribution in [-0.2, 0) is 11.3 Å². The van der Waals surface area contributed by atoms with Crippen molar-refractivity contribution in [2.45, 2.75) is 19.6 Å². The molecule has 0 spiro atoms. The minimum atomic E-state index is -0.670. The number of methoxy groups -OCH3 is 1. The maximum atomic E-state index is 12.8. The molecule has 116 valence electrons. The molecule has 1 unspecified atom stereocenters. The van der Waals surface area contributed by atoms with Gasteiger partial charge in [0.25, 0.3) is 5.91 Å². The van der Waals surface area contributed by atoms with Crippen LogP contribution in [0.3, 0.4) is 0 Å². The van der Waals surface area contributed by atoms with Gasteiger partial charge in [0.2, 0.25) is 0 Å². The van der Waals surface area contributed by atoms with E-state index in [1.807, 2.05) is 24.3 Å². The van der Waals surface area contributed by atoms with Gasteiger partial charge < -0.3 is 14.8 Å². The lowest BCUT2D eigenvalue weighted by molar-refractivity contribution is -0.127. The van der Waals surface area contributed by atoms with E-state index in [1.165, 1.54) is 24.3 Å². The molecule has 0 bridgehead atoms. The Bertz CT molecular complexity index is 628. The fraction of sp³-hybridized carbons (Fsp3) is 0.235. The van der Waals surface area contributed by atoms with E-state index in [4.69, 9.17) is 9.47 Å². The first-order chi connectivity index (χ1) is 10.6. The van der Waals surface area contributed by atoms with Crippen molar-refractivity contribution in [2.24, 2.45) is 0 Å². The predicted octanol–water partition coefficient (Wildman–Crippen LogP) is 2.92. The molecule has 0 heterocycles. The number of amides is 1. The molecule has 2 rings (SSSR count). The minimum absolute atomic E-state index is 0.243. The van der Waals surface area contributed by atoms with Crippen LogP contribution >= 0.6 is 0 Å². The number of carbonyl (C=O) groups is 1. The van der Waals surface area contributed by atoms with Crippen molar-refractivity contribution in [3.63, 3.8) is 0 Å². The van der Waals surface area contributed by atoms with Crippen LogP contribution in [0.2, 0.25) is 0 Å². The molecule has 0 aliphatic rings. The first-order valence-electron chi connectivity index (χ1n) is 6.91. The molecule has 0 radical (unpaired) electrons. The zero-order valence-electron chi connectivity index (χ0n) is 12.5. The van der Waals surface area contributed by atoms with Gasteiger partial charge in [0.05, 0.1) is 7.11 Å². The van der Waals surface area contributed by atoms with Crippen LogP contribution in [0.15, 0.2) is 48.5 Å². The Morgan fingerprint density at radius 3 is 2.59 bits per heavy atom. The summed E-state index contributed by atoms with van der Waals surface area (Å²) in [5.41, 5.74) is 0.932. The average molecular weight is 303 g/mol. The van der Waals surface area contributed by atoms with Crippen molar-refractivity contribution >= 4 is 5.91 Å². The Kier molecular flexibility index (Phi) is 5.36. The van der Waals surface area contributed by atoms with Gasteiger partial charge in [0.15, 0.2) is 6.10 Å². The summed E-state index contributed by atoms with van der Waals surface area (Å²) in [5.74, 6) is 0.599. The van der Waals surface area contributed by atoms with Crippen molar-refractivity contribution in [1.29, 1.82) is 0 Å². The molecule has 1 N–H and O–H groups in total. The molecule has 0 saturated heterocycles. The van der Waals surface area contributed by atoms with Crippen molar-refractivity contribution in [2.75, 3.05) is 7.11 Å². The van der Waals surface area contributed by atoms with Gasteiger partial charge in [0, 0.05) is 6.54 Å². The summed E-state index contributed by atoms with van der Waals surface area (Å²) >= 11 is 0. The highest BCUT2D eigenvalue weighted by Crippen LogP contribution is 2.14. The second-order valence-electron chi connectivity index (χ2n) is 4.78. The van der Waals surface area contributed by atoms with E-state index < -0.39 is 6.10 Å². The van der Waals surface area contributed by atoms with E-state index >= 15 is 0 Å². The molecule has 5 heteroatoms. The number of ether oxygens (including phenoxy) is 2. The molecular weight excluding hydrogens is 285 g/mol. The van der Waals surface area contributed by atoms with Gasteiger partial charge >= 0.3 is 0 Å². The number of rotatable bonds is 6. The Hall–Kier alpha value is -2.56. The van der Waals surface area contributed by atoms with Crippen molar-refractivity contribution < 1.29 is 18.7 Å². The third kappa shape index (κ3) is 4.48. The molecule has 2 aromatic rings. The number of halogens is 1. The van der Waals surface area contributed by atoms with Crippen LogP contribution in [0.25, 0.3) is 0 Å². The molecule has 1 amide bonds. The summed E-state index contributed by atoms with van der Waals surface area (Å²) in [7, 11) is 1.59. The number of carbonyl (C=O) groups excluding carboxylic acids is 1. The zero-order chi connectivity index (χ0) is 15.9. The van der Waals surface area contributed by atoms with Crippen molar-refractivity contribution in [3.05, 3.63) is 59.9 Å². The van der Waals surface area contributed by atoms with E-state index in [1.54, 1.807) is 14.0 Å². The molecule has 1 atom stereocenters. The second kappa shape index (κ2) is 7.45. The van der Waals surface area contributed by atoms with Gasteiger partial charge in [-0.2, -0.15) is 0 Å². The van der Waals surface area contributed by atoms with Crippen LogP contribution in [0, 0.1) is 5.82 Å². The van der Waals surface area contributed by atoms with Crippen LogP contribution < -0.4 is 14.8 Å². The van der Waals surface area contributed by atoms with Gasteiger partial charge in [-0.05, 0) is 48.9 Å². The molecule has 2 aromatic carbocycles. The zero-order valence-corrected chi connectivity index (χ0v) is 12.5. The summed E-state index contributed by atoms with van der Waals surface area (Å²) in [4.78, 5) is 12.0. The first kappa shape index (κ1) is 15.8. The highest BCUT2D eigenvalue weighted by Gasteiger charge is 2.14. The van der Waals surface area contributed by atoms with E-state index in [2.05, 4.69) is 5.32 Å². The second-order valence-corrected chi connectivity index (χ2v) is 4.78. The Morgan fingerprint density at radius 1 is 1.18 bits per heavy atom. The highest BCUT2D eigenvalue weighted by molar-refractivity contribution is 5.80. The number of hydrogen-bond donors (Lipinski definition) is 1. The normalized spacial score (nSPS) is 11.6. The minimum Gasteiger partial charge on any atom is -0.497 e. The Balaban J connectivity index is 1.86. The van der Waals surface area contributed by atoms with E-state index in [9.17, 15) is 9.18 Å². The lowest BCUT2D eigenvalue weighted by Crippen LogP contribution is -2.35. The summed E-state index contributed by atoms with van der Waals surface area (Å²) < 4.78 is 23.4. The molecule has 0 aromatic heterocycles. The third-order valence-corrected chi connectivity index (χ3v) is 3.10. The molecule has 22 heavy (non-hydrogen) atoms. The standard InChI is InChI=1S/C17H18FNO3/c1-12(22-15-8-6-14(18)7-9-15)17(20)19-11-13-4-3-5-16(10-13)21-2/h3-10,12H,11H2,1-2H3,(H,19,20). The van der Waals surface area contributed by atoms with Gasteiger partial charge in [-0.1, -0.05) is 12.1 Å². The Morgan fingerprint density at radius 2 is 1.91 bits per heavy atom. The van der Waals surface area contributed by atoms with E-state index in [0.717, 1.165) is 11.3 Å². The molecule has 0 aliphatic heterocycles. The average Bonchev–Trinajstić information content (AvgIpc) is 2.54. The fourth-order valence-corrected chi connectivity index (χ4v) is 1.89. The van der Waals surface area contributed by atoms with Crippen LogP contribution in [0.4, 0.5) is 4.39 Å². The molecule has 4 nitrogen and oxygen atoms in total. The summed E-state index contributed by atoms with van der Waals surface area (Å²) in [6.45, 7) is 2.03. The quantitative estimate of drug-likeness (QED) is 0.892. The van der Waals surface area contributed by atoms with E-state index in [0.29, 0.717) is 12.3 Å². The summed E-state index contributed by atoms with van der Waals surface area (Å²) in [6, 6.07) is 13.0. The Labute approximate surface area is 128 Å². The van der Waals surface area contributed by atoms with Crippen LogP contribution in [0.5, 0.6) is 11.5 Å². The van der Waals surface area contributed by atoms with Crippen molar-refractivity contribution in [1.82, 2.24) is 5.32 Å². The van der Waals surface area contributed by atoms with Crippen LogP contribution in [-0.4, -0.2) is 19.1 Å². The summed E-state index contributed by atoms with van der Waals surface area (Å²) in [5, 5.41) is 2.79. The fourth-order valence-electron chi connectivity index (χ4n) is 1.89. The van der Waals surface area contributed by atoms with Crippen molar-refractivity contribution in [3.8, 4) is 11.5 Å². The topological polar surface area (TPSA) is 47.6 Å². The number of nitrogens with one attached hydrogen (secondary N) is 1. The third-order valence-electron chi connectivity index (χ3n) is 3.10. The van der Waals surface area contributed by atoms with Gasteiger partial charge in [-0.3, -0.25) is 4.79 Å². The maximum absolute atomic E-state index is 12.8. The maximum Gasteiger partial charge on any atom is 0.261 e.